The summed E-state index contributed by atoms with van der Waals surface area (Å²) >= 11 is 0. The van der Waals surface area contributed by atoms with Gasteiger partial charge in [-0.3, -0.25) is 15.4 Å². The molecule has 1 aliphatic rings. The van der Waals surface area contributed by atoms with Crippen LogP contribution in [0.4, 0.5) is 0 Å². The molecule has 174 valence electrons. The molecule has 9 heteroatoms. The fourth-order valence-electron chi connectivity index (χ4n) is 3.55. The van der Waals surface area contributed by atoms with Crippen molar-refractivity contribution in [3.8, 4) is 11.5 Å². The van der Waals surface area contributed by atoms with Crippen molar-refractivity contribution in [2.75, 3.05) is 13.8 Å². The lowest BCUT2D eigenvalue weighted by Crippen LogP contribution is -2.49. The van der Waals surface area contributed by atoms with E-state index in [1.165, 1.54) is 37.3 Å². The number of sulfone groups is 1. The molecule has 2 N–H and O–H groups in total. The van der Waals surface area contributed by atoms with E-state index in [0.717, 1.165) is 16.5 Å². The molecule has 0 bridgehead atoms. The molecule has 3 rings (SSSR count). The molecule has 0 heterocycles. The van der Waals surface area contributed by atoms with Crippen LogP contribution in [0.3, 0.4) is 0 Å². The van der Waals surface area contributed by atoms with E-state index in [-0.39, 0.29) is 24.7 Å². The van der Waals surface area contributed by atoms with Crippen LogP contribution in [0, 0.1) is 10.1 Å². The van der Waals surface area contributed by atoms with Gasteiger partial charge in [0.1, 0.15) is 12.0 Å². The predicted molar refractivity (Wildman–Crippen MR) is 128 cm³/mol. The quantitative estimate of drug-likeness (QED) is 0.325. The number of nitro groups is 1. The Kier molecular flexibility index (Phi) is 7.35. The van der Waals surface area contributed by atoms with Gasteiger partial charge in [0.15, 0.2) is 21.3 Å². The van der Waals surface area contributed by atoms with E-state index in [9.17, 15) is 23.6 Å². The summed E-state index contributed by atoms with van der Waals surface area (Å²) < 4.78 is 31.4. The number of rotatable bonds is 9. The fourth-order valence-corrected chi connectivity index (χ4v) is 4.96. The van der Waals surface area contributed by atoms with Gasteiger partial charge in [-0.15, -0.1) is 0 Å². The zero-order chi connectivity index (χ0) is 24.1. The van der Waals surface area contributed by atoms with Crippen LogP contribution in [0.5, 0.6) is 11.5 Å². The van der Waals surface area contributed by atoms with Gasteiger partial charge in [0.05, 0.1) is 0 Å². The number of nitrogens with one attached hydrogen (secondary N) is 1. The molecule has 0 amide bonds. The minimum atomic E-state index is -4.00. The normalized spacial score (nSPS) is 19.3. The van der Waals surface area contributed by atoms with Gasteiger partial charge in [0.25, 0.3) is 5.54 Å². The van der Waals surface area contributed by atoms with E-state index in [0.29, 0.717) is 5.56 Å². The van der Waals surface area contributed by atoms with E-state index in [4.69, 9.17) is 4.74 Å². The molecule has 2 unspecified atom stereocenters. The first kappa shape index (κ1) is 24.2. The smallest absolute Gasteiger partial charge is 0.260 e. The van der Waals surface area contributed by atoms with Crippen LogP contribution >= 0.6 is 0 Å². The zero-order valence-corrected chi connectivity index (χ0v) is 19.2. The summed E-state index contributed by atoms with van der Waals surface area (Å²) in [7, 11) is -2.32. The largest absolute Gasteiger partial charge is 0.504 e. The Labute approximate surface area is 193 Å². The van der Waals surface area contributed by atoms with Crippen LogP contribution in [0.15, 0.2) is 72.2 Å². The van der Waals surface area contributed by atoms with Crippen molar-refractivity contribution in [1.29, 1.82) is 0 Å². The molecule has 0 fully saturated rings. The molecular weight excluding hydrogens is 444 g/mol. The SMILES string of the molecule is CNCOc1cc(/C=C/S(=O)(=O)C(C)C2([N+](=O)[O-])C=CC(c3ccccc3)=CC2)ccc1O. The third-order valence-electron chi connectivity index (χ3n) is 5.65. The molecule has 33 heavy (non-hydrogen) atoms. The first-order chi connectivity index (χ1) is 15.7. The van der Waals surface area contributed by atoms with Gasteiger partial charge in [0.2, 0.25) is 0 Å². The molecule has 8 nitrogen and oxygen atoms in total. The van der Waals surface area contributed by atoms with Crippen molar-refractivity contribution in [1.82, 2.24) is 5.32 Å². The molecule has 1 aliphatic carbocycles. The molecule has 0 aromatic heterocycles. The second-order valence-electron chi connectivity index (χ2n) is 7.71. The highest BCUT2D eigenvalue weighted by atomic mass is 32.2. The number of aromatic hydroxyl groups is 1. The highest BCUT2D eigenvalue weighted by Gasteiger charge is 2.51. The van der Waals surface area contributed by atoms with E-state index < -0.39 is 25.5 Å². The minimum Gasteiger partial charge on any atom is -0.504 e. The van der Waals surface area contributed by atoms with Crippen LogP contribution in [0.25, 0.3) is 11.6 Å². The average molecular weight is 471 g/mol. The molecular formula is C24H26N2O6S. The number of phenolic OH excluding ortho intramolecular Hbond substituents is 1. The molecule has 2 aromatic carbocycles. The minimum absolute atomic E-state index is 0.0455. The van der Waals surface area contributed by atoms with E-state index in [1.54, 1.807) is 19.2 Å². The second-order valence-corrected chi connectivity index (χ2v) is 9.87. The number of hydrogen-bond acceptors (Lipinski definition) is 7. The van der Waals surface area contributed by atoms with Crippen molar-refractivity contribution in [3.63, 3.8) is 0 Å². The first-order valence-electron chi connectivity index (χ1n) is 10.3. The van der Waals surface area contributed by atoms with Crippen molar-refractivity contribution in [3.05, 3.63) is 93.4 Å². The molecule has 2 atom stereocenters. The van der Waals surface area contributed by atoms with E-state index >= 15 is 0 Å². The van der Waals surface area contributed by atoms with Gasteiger partial charge in [-0.1, -0.05) is 48.6 Å². The highest BCUT2D eigenvalue weighted by molar-refractivity contribution is 7.95. The summed E-state index contributed by atoms with van der Waals surface area (Å²) in [6, 6.07) is 13.8. The summed E-state index contributed by atoms with van der Waals surface area (Å²) in [6.07, 6.45) is 6.00. The molecule has 0 aliphatic heterocycles. The molecule has 0 saturated heterocycles. The maximum Gasteiger partial charge on any atom is 0.260 e. The second kappa shape index (κ2) is 10.0. The zero-order valence-electron chi connectivity index (χ0n) is 18.3. The van der Waals surface area contributed by atoms with Crippen LogP contribution in [0.1, 0.15) is 24.5 Å². The Morgan fingerprint density at radius 2 is 2.00 bits per heavy atom. The Balaban J connectivity index is 1.85. The summed E-state index contributed by atoms with van der Waals surface area (Å²) in [5, 5.41) is 24.4. The van der Waals surface area contributed by atoms with Crippen molar-refractivity contribution >= 4 is 21.5 Å². The van der Waals surface area contributed by atoms with Crippen LogP contribution in [-0.2, 0) is 9.84 Å². The summed E-state index contributed by atoms with van der Waals surface area (Å²) in [6.45, 7) is 1.51. The fraction of sp³-hybridized carbons (Fsp3) is 0.250. The maximum atomic E-state index is 13.1. The number of phenols is 1. The van der Waals surface area contributed by atoms with Gasteiger partial charge in [-0.2, -0.15) is 0 Å². The number of nitrogens with zero attached hydrogens (tertiary/aromatic N) is 1. The van der Waals surface area contributed by atoms with E-state index in [2.05, 4.69) is 5.32 Å². The van der Waals surface area contributed by atoms with Gasteiger partial charge >= 0.3 is 0 Å². The third-order valence-corrected chi connectivity index (χ3v) is 7.56. The number of benzene rings is 2. The average Bonchev–Trinajstić information content (AvgIpc) is 2.82. The summed E-state index contributed by atoms with van der Waals surface area (Å²) in [5.41, 5.74) is 0.406. The van der Waals surface area contributed by atoms with Crippen molar-refractivity contribution in [2.24, 2.45) is 0 Å². The predicted octanol–water partition coefficient (Wildman–Crippen LogP) is 3.78. The molecule has 0 spiro atoms. The van der Waals surface area contributed by atoms with Crippen LogP contribution in [-0.4, -0.2) is 43.0 Å². The monoisotopic (exact) mass is 470 g/mol. The Bertz CT molecular complexity index is 1200. The topological polar surface area (TPSA) is 119 Å². The lowest BCUT2D eigenvalue weighted by molar-refractivity contribution is -0.553. The Morgan fingerprint density at radius 1 is 1.27 bits per heavy atom. The summed E-state index contributed by atoms with van der Waals surface area (Å²) in [4.78, 5) is 11.5. The molecule has 0 saturated carbocycles. The van der Waals surface area contributed by atoms with Gasteiger partial charge in [-0.05, 0) is 55.0 Å². The van der Waals surface area contributed by atoms with Crippen LogP contribution < -0.4 is 10.1 Å². The van der Waals surface area contributed by atoms with Crippen molar-refractivity contribution < 1.29 is 23.2 Å². The number of ether oxygens (including phenoxy) is 1. The lowest BCUT2D eigenvalue weighted by atomic mass is 9.85. The molecule has 0 radical (unpaired) electrons. The Morgan fingerprint density at radius 3 is 2.61 bits per heavy atom. The number of allylic oxidation sites excluding steroid dienone is 2. The third kappa shape index (κ3) is 5.32. The summed E-state index contributed by atoms with van der Waals surface area (Å²) in [5.74, 6) is 0.104. The highest BCUT2D eigenvalue weighted by Crippen LogP contribution is 2.35. The van der Waals surface area contributed by atoms with Gasteiger partial charge < -0.3 is 9.84 Å². The van der Waals surface area contributed by atoms with Gasteiger partial charge in [0, 0.05) is 16.8 Å². The van der Waals surface area contributed by atoms with Crippen molar-refractivity contribution in [2.45, 2.75) is 24.1 Å². The van der Waals surface area contributed by atoms with Gasteiger partial charge in [-0.25, -0.2) is 8.42 Å². The lowest BCUT2D eigenvalue weighted by Gasteiger charge is -2.28. The standard InChI is InChI=1S/C24H26N2O6S/c1-18(24(26(28)29)13-10-21(11-14-24)20-6-4-3-5-7-20)33(30,31)15-12-19-8-9-22(27)23(16-19)32-17-25-2/h3-13,15-16,18,25,27H,14,17H2,1-2H3/b15-12+. The number of hydrogen-bond donors (Lipinski definition) is 2. The first-order valence-corrected chi connectivity index (χ1v) is 11.9. The molecule has 2 aromatic rings. The van der Waals surface area contributed by atoms with Crippen LogP contribution in [0.2, 0.25) is 0 Å². The maximum absolute atomic E-state index is 13.1. The Hall–Kier alpha value is -3.43. The van der Waals surface area contributed by atoms with E-state index in [1.807, 2.05) is 30.3 Å².